The smallest absolute Gasteiger partial charge is 0.179 e. The van der Waals surface area contributed by atoms with Crippen molar-refractivity contribution < 1.29 is 14.3 Å². The molecular weight excluding hydrogens is 240 g/mol. The first-order valence-electron chi connectivity index (χ1n) is 5.36. The predicted molar refractivity (Wildman–Crippen MR) is 66.8 cm³/mol. The summed E-state index contributed by atoms with van der Waals surface area (Å²) in [5, 5.41) is 0.504. The van der Waals surface area contributed by atoms with Gasteiger partial charge >= 0.3 is 0 Å². The first kappa shape index (κ1) is 12.0. The third-order valence-corrected chi connectivity index (χ3v) is 2.84. The predicted octanol–water partition coefficient (Wildman–Crippen LogP) is 3.10. The van der Waals surface area contributed by atoms with E-state index in [9.17, 15) is 4.79 Å². The molecule has 0 unspecified atom stereocenters. The Morgan fingerprint density at radius 1 is 1.29 bits per heavy atom. The van der Waals surface area contributed by atoms with Crippen LogP contribution in [0.4, 0.5) is 0 Å². The van der Waals surface area contributed by atoms with Gasteiger partial charge in [0.05, 0.1) is 5.02 Å². The molecule has 1 aromatic carbocycles. The molecular formula is C13H13ClO3. The Labute approximate surface area is 105 Å². The second-order valence-corrected chi connectivity index (χ2v) is 4.32. The minimum absolute atomic E-state index is 0.0380. The van der Waals surface area contributed by atoms with Crippen LogP contribution in [0.2, 0.25) is 5.02 Å². The van der Waals surface area contributed by atoms with E-state index in [0.717, 1.165) is 5.56 Å². The standard InChI is InChI=1S/C13H13ClO3/c1-8(9(2)15)5-10-6-11(14)13-12(7-10)16-3-4-17-13/h5-7H,3-4H2,1-2H3/b8-5+. The number of carbonyl (C=O) groups excluding carboxylic acids is 1. The van der Waals surface area contributed by atoms with Crippen LogP contribution in [0.1, 0.15) is 19.4 Å². The van der Waals surface area contributed by atoms with E-state index < -0.39 is 0 Å². The molecule has 0 amide bonds. The number of rotatable bonds is 2. The van der Waals surface area contributed by atoms with Crippen LogP contribution in [-0.4, -0.2) is 19.0 Å². The van der Waals surface area contributed by atoms with Gasteiger partial charge in [-0.1, -0.05) is 11.6 Å². The second kappa shape index (κ2) is 4.80. The van der Waals surface area contributed by atoms with Gasteiger partial charge in [0.2, 0.25) is 0 Å². The number of fused-ring (bicyclic) bond motifs is 1. The van der Waals surface area contributed by atoms with Gasteiger partial charge in [-0.25, -0.2) is 0 Å². The van der Waals surface area contributed by atoms with Crippen LogP contribution < -0.4 is 9.47 Å². The van der Waals surface area contributed by atoms with Crippen molar-refractivity contribution in [1.82, 2.24) is 0 Å². The lowest BCUT2D eigenvalue weighted by Crippen LogP contribution is -2.15. The number of carbonyl (C=O) groups is 1. The lowest BCUT2D eigenvalue weighted by molar-refractivity contribution is -0.113. The Balaban J connectivity index is 2.41. The number of benzene rings is 1. The van der Waals surface area contributed by atoms with Gasteiger partial charge in [-0.05, 0) is 43.2 Å². The van der Waals surface area contributed by atoms with Crippen molar-refractivity contribution in [2.45, 2.75) is 13.8 Å². The Kier molecular flexibility index (Phi) is 3.38. The Bertz CT molecular complexity index is 492. The number of ketones is 1. The van der Waals surface area contributed by atoms with Gasteiger partial charge in [-0.15, -0.1) is 0 Å². The molecule has 17 heavy (non-hydrogen) atoms. The van der Waals surface area contributed by atoms with Gasteiger partial charge in [0.1, 0.15) is 13.2 Å². The van der Waals surface area contributed by atoms with Gasteiger partial charge in [0.25, 0.3) is 0 Å². The van der Waals surface area contributed by atoms with Crippen molar-refractivity contribution in [2.75, 3.05) is 13.2 Å². The molecule has 0 aliphatic carbocycles. The summed E-state index contributed by atoms with van der Waals surface area (Å²) in [7, 11) is 0. The highest BCUT2D eigenvalue weighted by Gasteiger charge is 2.16. The SMILES string of the molecule is CC(=O)/C(C)=C/c1cc(Cl)c2c(c1)OCCO2. The Morgan fingerprint density at radius 3 is 2.71 bits per heavy atom. The second-order valence-electron chi connectivity index (χ2n) is 3.91. The third kappa shape index (κ3) is 2.61. The Morgan fingerprint density at radius 2 is 2.00 bits per heavy atom. The molecule has 1 aromatic rings. The summed E-state index contributed by atoms with van der Waals surface area (Å²) < 4.78 is 10.9. The van der Waals surface area contributed by atoms with Gasteiger partial charge in [0.15, 0.2) is 17.3 Å². The average molecular weight is 253 g/mol. The quantitative estimate of drug-likeness (QED) is 0.759. The number of Topliss-reactive ketones (excluding diaryl/α,β-unsaturated/α-hetero) is 1. The van der Waals surface area contributed by atoms with Crippen molar-refractivity contribution in [3.63, 3.8) is 0 Å². The van der Waals surface area contributed by atoms with E-state index >= 15 is 0 Å². The molecule has 0 N–H and O–H groups in total. The van der Waals surface area contributed by atoms with Gasteiger partial charge in [-0.2, -0.15) is 0 Å². The highest BCUT2D eigenvalue weighted by Crippen LogP contribution is 2.38. The molecule has 1 aliphatic heterocycles. The van der Waals surface area contributed by atoms with Crippen molar-refractivity contribution in [1.29, 1.82) is 0 Å². The fraction of sp³-hybridized carbons (Fsp3) is 0.308. The van der Waals surface area contributed by atoms with Crippen LogP contribution in [0.5, 0.6) is 11.5 Å². The zero-order valence-corrected chi connectivity index (χ0v) is 10.5. The minimum atomic E-state index is 0.0380. The molecule has 0 atom stereocenters. The maximum atomic E-state index is 11.2. The summed E-state index contributed by atoms with van der Waals surface area (Å²) in [6, 6.07) is 3.59. The van der Waals surface area contributed by atoms with Crippen molar-refractivity contribution in [3.8, 4) is 11.5 Å². The lowest BCUT2D eigenvalue weighted by Gasteiger charge is -2.19. The van der Waals surface area contributed by atoms with E-state index in [4.69, 9.17) is 21.1 Å². The molecule has 0 saturated carbocycles. The van der Waals surface area contributed by atoms with E-state index in [0.29, 0.717) is 35.3 Å². The van der Waals surface area contributed by atoms with Crippen LogP contribution in [0.25, 0.3) is 6.08 Å². The van der Waals surface area contributed by atoms with Gasteiger partial charge in [0, 0.05) is 0 Å². The number of allylic oxidation sites excluding steroid dienone is 1. The maximum absolute atomic E-state index is 11.2. The van der Waals surface area contributed by atoms with E-state index in [1.807, 2.05) is 6.07 Å². The first-order chi connectivity index (χ1) is 8.08. The van der Waals surface area contributed by atoms with Crippen LogP contribution in [0.15, 0.2) is 17.7 Å². The zero-order chi connectivity index (χ0) is 12.4. The molecule has 3 nitrogen and oxygen atoms in total. The van der Waals surface area contributed by atoms with E-state index in [2.05, 4.69) is 0 Å². The fourth-order valence-electron chi connectivity index (χ4n) is 1.57. The van der Waals surface area contributed by atoms with E-state index in [-0.39, 0.29) is 5.78 Å². The van der Waals surface area contributed by atoms with Gasteiger partial charge in [-0.3, -0.25) is 4.79 Å². The summed E-state index contributed by atoms with van der Waals surface area (Å²) in [4.78, 5) is 11.2. The summed E-state index contributed by atoms with van der Waals surface area (Å²) in [5.74, 6) is 1.25. The zero-order valence-electron chi connectivity index (χ0n) is 9.75. The minimum Gasteiger partial charge on any atom is -0.486 e. The van der Waals surface area contributed by atoms with Crippen molar-refractivity contribution in [3.05, 3.63) is 28.3 Å². The number of ether oxygens (including phenoxy) is 2. The molecule has 0 saturated heterocycles. The van der Waals surface area contributed by atoms with E-state index in [1.165, 1.54) is 6.92 Å². The molecule has 1 heterocycles. The number of hydrogen-bond acceptors (Lipinski definition) is 3. The number of halogens is 1. The largest absolute Gasteiger partial charge is 0.486 e. The average Bonchev–Trinajstić information content (AvgIpc) is 2.29. The molecule has 0 aromatic heterocycles. The maximum Gasteiger partial charge on any atom is 0.179 e. The molecule has 0 spiro atoms. The van der Waals surface area contributed by atoms with E-state index in [1.54, 1.807) is 19.1 Å². The topological polar surface area (TPSA) is 35.5 Å². The molecule has 2 rings (SSSR count). The number of hydrogen-bond donors (Lipinski definition) is 0. The Hall–Kier alpha value is -1.48. The first-order valence-corrected chi connectivity index (χ1v) is 5.74. The highest BCUT2D eigenvalue weighted by molar-refractivity contribution is 6.32. The van der Waals surface area contributed by atoms with Crippen molar-refractivity contribution in [2.24, 2.45) is 0 Å². The molecule has 0 radical (unpaired) electrons. The summed E-state index contributed by atoms with van der Waals surface area (Å²) >= 11 is 6.09. The van der Waals surface area contributed by atoms with Crippen LogP contribution in [0, 0.1) is 0 Å². The summed E-state index contributed by atoms with van der Waals surface area (Å²) in [6.45, 7) is 4.33. The monoisotopic (exact) mass is 252 g/mol. The summed E-state index contributed by atoms with van der Waals surface area (Å²) in [5.41, 5.74) is 1.52. The van der Waals surface area contributed by atoms with Gasteiger partial charge < -0.3 is 9.47 Å². The highest BCUT2D eigenvalue weighted by atomic mass is 35.5. The van der Waals surface area contributed by atoms with Crippen molar-refractivity contribution >= 4 is 23.5 Å². The van der Waals surface area contributed by atoms with Crippen LogP contribution in [-0.2, 0) is 4.79 Å². The normalized spacial score (nSPS) is 14.6. The van der Waals surface area contributed by atoms with Crippen LogP contribution >= 0.6 is 11.6 Å². The van der Waals surface area contributed by atoms with Crippen LogP contribution in [0.3, 0.4) is 0 Å². The summed E-state index contributed by atoms with van der Waals surface area (Å²) in [6.07, 6.45) is 1.78. The molecule has 0 fully saturated rings. The molecule has 4 heteroatoms. The molecule has 0 bridgehead atoms. The third-order valence-electron chi connectivity index (χ3n) is 2.56. The lowest BCUT2D eigenvalue weighted by atomic mass is 10.1. The fourth-order valence-corrected chi connectivity index (χ4v) is 1.84. The molecule has 90 valence electrons. The molecule has 1 aliphatic rings.